The molecule has 1 aliphatic carbocycles. The molecule has 0 aromatic heterocycles. The minimum Gasteiger partial charge on any atom is -0.478 e. The summed E-state index contributed by atoms with van der Waals surface area (Å²) in [6, 6.07) is 1.36. The summed E-state index contributed by atoms with van der Waals surface area (Å²) >= 11 is 5.67. The SMILES string of the molecule is O=C(O)c1c(Cl)c(F)cc2c1CCCC2. The van der Waals surface area contributed by atoms with E-state index in [0.29, 0.717) is 12.0 Å². The van der Waals surface area contributed by atoms with Gasteiger partial charge in [0.15, 0.2) is 0 Å². The molecule has 1 aromatic carbocycles. The Labute approximate surface area is 91.7 Å². The van der Waals surface area contributed by atoms with Gasteiger partial charge in [0.05, 0.1) is 10.6 Å². The highest BCUT2D eigenvalue weighted by atomic mass is 35.5. The maximum absolute atomic E-state index is 13.3. The molecule has 0 spiro atoms. The number of hydrogen-bond acceptors (Lipinski definition) is 1. The van der Waals surface area contributed by atoms with Gasteiger partial charge in [0.1, 0.15) is 5.82 Å². The van der Waals surface area contributed by atoms with Crippen LogP contribution in [0.1, 0.15) is 34.3 Å². The number of halogens is 2. The van der Waals surface area contributed by atoms with Gasteiger partial charge in [-0.2, -0.15) is 0 Å². The third-order valence-corrected chi connectivity index (χ3v) is 3.13. The van der Waals surface area contributed by atoms with Crippen molar-refractivity contribution in [3.63, 3.8) is 0 Å². The highest BCUT2D eigenvalue weighted by Crippen LogP contribution is 2.31. The van der Waals surface area contributed by atoms with Crippen LogP contribution in [0.25, 0.3) is 0 Å². The molecule has 0 radical (unpaired) electrons. The van der Waals surface area contributed by atoms with E-state index in [1.165, 1.54) is 6.07 Å². The normalized spacial score (nSPS) is 14.8. The molecule has 2 rings (SSSR count). The molecule has 0 aliphatic heterocycles. The molecule has 15 heavy (non-hydrogen) atoms. The van der Waals surface area contributed by atoms with Gasteiger partial charge < -0.3 is 5.11 Å². The van der Waals surface area contributed by atoms with Crippen molar-refractivity contribution in [3.05, 3.63) is 33.6 Å². The largest absolute Gasteiger partial charge is 0.478 e. The molecule has 1 aromatic rings. The van der Waals surface area contributed by atoms with Gasteiger partial charge in [-0.25, -0.2) is 9.18 Å². The second-order valence-corrected chi connectivity index (χ2v) is 4.08. The molecule has 0 bridgehead atoms. The summed E-state index contributed by atoms with van der Waals surface area (Å²) in [6.45, 7) is 0. The summed E-state index contributed by atoms with van der Waals surface area (Å²) in [5.41, 5.74) is 1.45. The Morgan fingerprint density at radius 1 is 1.40 bits per heavy atom. The lowest BCUT2D eigenvalue weighted by atomic mass is 9.88. The third kappa shape index (κ3) is 1.72. The Bertz CT molecular complexity index is 429. The first kappa shape index (κ1) is 10.4. The summed E-state index contributed by atoms with van der Waals surface area (Å²) in [7, 11) is 0. The third-order valence-electron chi connectivity index (χ3n) is 2.76. The van der Waals surface area contributed by atoms with E-state index in [9.17, 15) is 9.18 Å². The maximum atomic E-state index is 13.3. The lowest BCUT2D eigenvalue weighted by molar-refractivity contribution is 0.0695. The number of fused-ring (bicyclic) bond motifs is 1. The van der Waals surface area contributed by atoms with Gasteiger partial charge in [0, 0.05) is 0 Å². The van der Waals surface area contributed by atoms with E-state index >= 15 is 0 Å². The Morgan fingerprint density at radius 2 is 2.07 bits per heavy atom. The first-order chi connectivity index (χ1) is 7.11. The molecular formula is C11H10ClFO2. The lowest BCUT2D eigenvalue weighted by Gasteiger charge is -2.18. The van der Waals surface area contributed by atoms with Crippen molar-refractivity contribution in [2.75, 3.05) is 0 Å². The minimum absolute atomic E-state index is 0.0497. The number of benzene rings is 1. The highest BCUT2D eigenvalue weighted by molar-refractivity contribution is 6.33. The molecule has 0 saturated carbocycles. The van der Waals surface area contributed by atoms with Gasteiger partial charge in [-0.1, -0.05) is 11.6 Å². The first-order valence-electron chi connectivity index (χ1n) is 4.84. The zero-order valence-electron chi connectivity index (χ0n) is 8.02. The lowest BCUT2D eigenvalue weighted by Crippen LogP contribution is -2.12. The average molecular weight is 229 g/mol. The van der Waals surface area contributed by atoms with E-state index in [4.69, 9.17) is 16.7 Å². The van der Waals surface area contributed by atoms with E-state index in [1.807, 2.05) is 0 Å². The van der Waals surface area contributed by atoms with Crippen molar-refractivity contribution >= 4 is 17.6 Å². The maximum Gasteiger partial charge on any atom is 0.337 e. The molecule has 0 fully saturated rings. The summed E-state index contributed by atoms with van der Waals surface area (Å²) in [5.74, 6) is -1.77. The number of rotatable bonds is 1. The van der Waals surface area contributed by atoms with Gasteiger partial charge in [-0.05, 0) is 42.9 Å². The molecule has 2 nitrogen and oxygen atoms in total. The van der Waals surface area contributed by atoms with Crippen LogP contribution in [0.15, 0.2) is 6.07 Å². The fraction of sp³-hybridized carbons (Fsp3) is 0.364. The number of carboxylic acids is 1. The monoisotopic (exact) mass is 228 g/mol. The summed E-state index contributed by atoms with van der Waals surface area (Å²) in [6.07, 6.45) is 3.34. The standard InChI is InChI=1S/C11H10ClFO2/c12-10-8(13)5-6-3-1-2-4-7(6)9(10)11(14)15/h5H,1-4H2,(H,14,15). The van der Waals surface area contributed by atoms with Crippen molar-refractivity contribution in [1.29, 1.82) is 0 Å². The molecule has 0 atom stereocenters. The fourth-order valence-electron chi connectivity index (χ4n) is 2.06. The van der Waals surface area contributed by atoms with Crippen LogP contribution in [0.2, 0.25) is 5.02 Å². The molecule has 4 heteroatoms. The second-order valence-electron chi connectivity index (χ2n) is 3.70. The van der Waals surface area contributed by atoms with E-state index < -0.39 is 11.8 Å². The predicted octanol–water partition coefficient (Wildman–Crippen LogP) is 3.06. The minimum atomic E-state index is -1.14. The van der Waals surface area contributed by atoms with E-state index in [-0.39, 0.29) is 10.6 Å². The zero-order valence-corrected chi connectivity index (χ0v) is 8.77. The van der Waals surface area contributed by atoms with Crippen molar-refractivity contribution < 1.29 is 14.3 Å². The van der Waals surface area contributed by atoms with Crippen LogP contribution in [-0.2, 0) is 12.8 Å². The number of aromatic carboxylic acids is 1. The molecule has 0 unspecified atom stereocenters. The molecule has 0 heterocycles. The Kier molecular flexibility index (Phi) is 2.65. The highest BCUT2D eigenvalue weighted by Gasteiger charge is 2.23. The molecular weight excluding hydrogens is 219 g/mol. The Hall–Kier alpha value is -1.09. The summed E-state index contributed by atoms with van der Waals surface area (Å²) < 4.78 is 13.3. The van der Waals surface area contributed by atoms with Crippen LogP contribution in [0.4, 0.5) is 4.39 Å². The topological polar surface area (TPSA) is 37.3 Å². The van der Waals surface area contributed by atoms with E-state index in [0.717, 1.165) is 24.8 Å². The van der Waals surface area contributed by atoms with E-state index in [2.05, 4.69) is 0 Å². The number of aryl methyl sites for hydroxylation is 1. The average Bonchev–Trinajstić information content (AvgIpc) is 2.19. The van der Waals surface area contributed by atoms with Crippen LogP contribution >= 0.6 is 11.6 Å². The number of hydrogen-bond donors (Lipinski definition) is 1. The predicted molar refractivity (Wildman–Crippen MR) is 55.0 cm³/mol. The van der Waals surface area contributed by atoms with Crippen LogP contribution in [0.3, 0.4) is 0 Å². The van der Waals surface area contributed by atoms with Crippen molar-refractivity contribution in [1.82, 2.24) is 0 Å². The molecule has 0 saturated heterocycles. The van der Waals surface area contributed by atoms with Gasteiger partial charge in [-0.3, -0.25) is 0 Å². The quantitative estimate of drug-likeness (QED) is 0.802. The van der Waals surface area contributed by atoms with Gasteiger partial charge in [0.2, 0.25) is 0 Å². The smallest absolute Gasteiger partial charge is 0.337 e. The van der Waals surface area contributed by atoms with Crippen LogP contribution in [-0.4, -0.2) is 11.1 Å². The van der Waals surface area contributed by atoms with Gasteiger partial charge in [0.25, 0.3) is 0 Å². The number of carbonyl (C=O) groups is 1. The van der Waals surface area contributed by atoms with Gasteiger partial charge in [-0.15, -0.1) is 0 Å². The molecule has 1 aliphatic rings. The van der Waals surface area contributed by atoms with Crippen LogP contribution in [0.5, 0.6) is 0 Å². The summed E-state index contributed by atoms with van der Waals surface area (Å²) in [5, 5.41) is 8.73. The zero-order chi connectivity index (χ0) is 11.0. The molecule has 1 N–H and O–H groups in total. The first-order valence-corrected chi connectivity index (χ1v) is 5.22. The fourth-order valence-corrected chi connectivity index (χ4v) is 2.31. The second kappa shape index (κ2) is 3.81. The van der Waals surface area contributed by atoms with Crippen LogP contribution < -0.4 is 0 Å². The van der Waals surface area contributed by atoms with Gasteiger partial charge >= 0.3 is 5.97 Å². The molecule has 0 amide bonds. The van der Waals surface area contributed by atoms with Crippen molar-refractivity contribution in [3.8, 4) is 0 Å². The van der Waals surface area contributed by atoms with Crippen molar-refractivity contribution in [2.45, 2.75) is 25.7 Å². The van der Waals surface area contributed by atoms with E-state index in [1.54, 1.807) is 0 Å². The number of carboxylic acid groups (broad SMARTS) is 1. The van der Waals surface area contributed by atoms with Crippen molar-refractivity contribution in [2.24, 2.45) is 0 Å². The Balaban J connectivity index is 2.68. The molecule has 80 valence electrons. The summed E-state index contributed by atoms with van der Waals surface area (Å²) in [4.78, 5) is 11.0. The Morgan fingerprint density at radius 3 is 2.73 bits per heavy atom. The van der Waals surface area contributed by atoms with Crippen LogP contribution in [0, 0.1) is 5.82 Å².